The van der Waals surface area contributed by atoms with Gasteiger partial charge in [-0.25, -0.2) is 0 Å². The quantitative estimate of drug-likeness (QED) is 0.832. The first-order chi connectivity index (χ1) is 9.69. The zero-order valence-corrected chi connectivity index (χ0v) is 12.8. The minimum absolute atomic E-state index is 0.153. The van der Waals surface area contributed by atoms with Gasteiger partial charge in [-0.15, -0.1) is 0 Å². The molecule has 2 bridgehead atoms. The number of likely N-dealkylation sites (tertiary alicyclic amines) is 1. The Labute approximate surface area is 124 Å². The number of amides is 1. The number of H-pyrrole nitrogens is 1. The van der Waals surface area contributed by atoms with Crippen LogP contribution in [0.2, 0.25) is 0 Å². The Bertz CT molecular complexity index is 649. The van der Waals surface area contributed by atoms with Gasteiger partial charge in [0, 0.05) is 24.8 Å². The van der Waals surface area contributed by atoms with Crippen LogP contribution in [-0.2, 0) is 0 Å². The number of aromatic hydroxyl groups is 1. The molecule has 0 radical (unpaired) electrons. The van der Waals surface area contributed by atoms with Crippen LogP contribution in [0.5, 0.6) is 5.75 Å². The van der Waals surface area contributed by atoms with E-state index in [1.165, 1.54) is 6.20 Å². The van der Waals surface area contributed by atoms with Crippen LogP contribution in [0, 0.1) is 10.8 Å². The molecule has 2 unspecified atom stereocenters. The number of nitrogens with one attached hydrogen (secondary N) is 1. The summed E-state index contributed by atoms with van der Waals surface area (Å²) in [6.07, 6.45) is 4.43. The van der Waals surface area contributed by atoms with Crippen molar-refractivity contribution in [2.45, 2.75) is 46.1 Å². The molecular weight excluding hydrogens is 268 g/mol. The Morgan fingerprint density at radius 1 is 1.38 bits per heavy atom. The third-order valence-electron chi connectivity index (χ3n) is 4.81. The summed E-state index contributed by atoms with van der Waals surface area (Å²) in [4.78, 5) is 28.2. The Balaban J connectivity index is 1.91. The Morgan fingerprint density at radius 2 is 2.10 bits per heavy atom. The number of aromatic nitrogens is 1. The summed E-state index contributed by atoms with van der Waals surface area (Å²) in [6.45, 7) is 7.46. The molecule has 2 fully saturated rings. The second kappa shape index (κ2) is 4.36. The molecule has 114 valence electrons. The van der Waals surface area contributed by atoms with Crippen LogP contribution in [0.15, 0.2) is 17.1 Å². The topological polar surface area (TPSA) is 73.4 Å². The predicted octanol–water partition coefficient (Wildman–Crippen LogP) is 2.12. The molecular formula is C16H22N2O3. The summed E-state index contributed by atoms with van der Waals surface area (Å²) in [6, 6.07) is 1.28. The van der Waals surface area contributed by atoms with Gasteiger partial charge in [-0.3, -0.25) is 9.59 Å². The summed E-state index contributed by atoms with van der Waals surface area (Å²) >= 11 is 0. The highest BCUT2D eigenvalue weighted by atomic mass is 16.3. The zero-order chi connectivity index (χ0) is 15.4. The summed E-state index contributed by atoms with van der Waals surface area (Å²) in [5.74, 6) is -0.426. The molecule has 2 N–H and O–H groups in total. The number of carbonyl (C=O) groups excluding carboxylic acids is 1. The molecule has 1 saturated heterocycles. The fourth-order valence-corrected chi connectivity index (χ4v) is 4.48. The summed E-state index contributed by atoms with van der Waals surface area (Å²) < 4.78 is 0. The van der Waals surface area contributed by atoms with Crippen molar-refractivity contribution in [3.8, 4) is 5.75 Å². The molecule has 1 aliphatic heterocycles. The second-order valence-corrected chi connectivity index (χ2v) is 7.74. The minimum Gasteiger partial charge on any atom is -0.507 e. The molecule has 0 spiro atoms. The molecule has 21 heavy (non-hydrogen) atoms. The molecule has 5 heteroatoms. The first-order valence-corrected chi connectivity index (χ1v) is 7.42. The molecule has 2 atom stereocenters. The van der Waals surface area contributed by atoms with E-state index in [-0.39, 0.29) is 34.1 Å². The fourth-order valence-electron chi connectivity index (χ4n) is 4.48. The lowest BCUT2D eigenvalue weighted by Crippen LogP contribution is -2.37. The molecule has 3 rings (SSSR count). The van der Waals surface area contributed by atoms with E-state index in [0.29, 0.717) is 0 Å². The SMILES string of the molecule is CC1(C)CC2CC(C)(CN2C(=O)c2c[nH]c(=O)cc2O)C1. The highest BCUT2D eigenvalue weighted by Gasteiger charge is 2.51. The van der Waals surface area contributed by atoms with Gasteiger partial charge in [-0.05, 0) is 30.1 Å². The van der Waals surface area contributed by atoms with Crippen LogP contribution >= 0.6 is 0 Å². The van der Waals surface area contributed by atoms with Crippen molar-refractivity contribution < 1.29 is 9.90 Å². The molecule has 1 aromatic rings. The number of aromatic amines is 1. The van der Waals surface area contributed by atoms with Crippen LogP contribution in [0.1, 0.15) is 50.4 Å². The van der Waals surface area contributed by atoms with Crippen molar-refractivity contribution in [1.82, 2.24) is 9.88 Å². The van der Waals surface area contributed by atoms with Gasteiger partial charge in [0.15, 0.2) is 0 Å². The Kier molecular flexibility index (Phi) is 2.94. The second-order valence-electron chi connectivity index (χ2n) is 7.74. The molecule has 2 aliphatic rings. The van der Waals surface area contributed by atoms with E-state index >= 15 is 0 Å². The van der Waals surface area contributed by atoms with Gasteiger partial charge in [0.05, 0.1) is 5.56 Å². The van der Waals surface area contributed by atoms with Crippen molar-refractivity contribution in [3.05, 3.63) is 28.2 Å². The lowest BCUT2D eigenvalue weighted by molar-refractivity contribution is 0.0705. The van der Waals surface area contributed by atoms with E-state index in [2.05, 4.69) is 25.8 Å². The first kappa shape index (κ1) is 14.2. The third kappa shape index (κ3) is 2.45. The van der Waals surface area contributed by atoms with Crippen molar-refractivity contribution in [3.63, 3.8) is 0 Å². The van der Waals surface area contributed by atoms with Gasteiger partial charge >= 0.3 is 0 Å². The van der Waals surface area contributed by atoms with E-state index in [4.69, 9.17) is 0 Å². The monoisotopic (exact) mass is 290 g/mol. The van der Waals surface area contributed by atoms with Crippen molar-refractivity contribution >= 4 is 5.91 Å². The van der Waals surface area contributed by atoms with Crippen LogP contribution in [0.25, 0.3) is 0 Å². The number of hydrogen-bond donors (Lipinski definition) is 2. The first-order valence-electron chi connectivity index (χ1n) is 7.42. The Hall–Kier alpha value is -1.78. The maximum Gasteiger partial charge on any atom is 0.259 e. The van der Waals surface area contributed by atoms with Gasteiger partial charge in [0.2, 0.25) is 0 Å². The Morgan fingerprint density at radius 3 is 2.76 bits per heavy atom. The standard InChI is InChI=1S/C16H22N2O3/c1-15(2)5-10-6-16(3,8-15)9-18(10)14(21)11-7-17-13(20)4-12(11)19/h4,7,10H,5-6,8-9H2,1-3H3,(H2,17,19,20). The number of carbonyl (C=O) groups is 1. The lowest BCUT2D eigenvalue weighted by atomic mass is 9.65. The van der Waals surface area contributed by atoms with Gasteiger partial charge in [-0.1, -0.05) is 20.8 Å². The van der Waals surface area contributed by atoms with E-state index in [9.17, 15) is 14.7 Å². The average molecular weight is 290 g/mol. The molecule has 1 amide bonds. The van der Waals surface area contributed by atoms with Gasteiger partial charge in [-0.2, -0.15) is 0 Å². The van der Waals surface area contributed by atoms with E-state index in [1.54, 1.807) is 0 Å². The van der Waals surface area contributed by atoms with E-state index in [0.717, 1.165) is 31.9 Å². The molecule has 1 saturated carbocycles. The molecule has 1 aliphatic carbocycles. The normalized spacial score (nSPS) is 30.4. The fraction of sp³-hybridized carbons (Fsp3) is 0.625. The largest absolute Gasteiger partial charge is 0.507 e. The number of hydrogen-bond acceptors (Lipinski definition) is 3. The average Bonchev–Trinajstić information content (AvgIpc) is 2.57. The highest BCUT2D eigenvalue weighted by Crippen LogP contribution is 2.52. The number of rotatable bonds is 1. The zero-order valence-electron chi connectivity index (χ0n) is 12.8. The summed E-state index contributed by atoms with van der Waals surface area (Å²) in [5.41, 5.74) is 0.167. The van der Waals surface area contributed by atoms with Crippen LogP contribution in [0.3, 0.4) is 0 Å². The minimum atomic E-state index is -0.405. The molecule has 1 aromatic heterocycles. The maximum absolute atomic E-state index is 12.7. The predicted molar refractivity (Wildman–Crippen MR) is 79.3 cm³/mol. The number of fused-ring (bicyclic) bond motifs is 2. The summed E-state index contributed by atoms with van der Waals surface area (Å²) in [7, 11) is 0. The van der Waals surface area contributed by atoms with Crippen molar-refractivity contribution in [2.24, 2.45) is 10.8 Å². The number of nitrogens with zero attached hydrogens (tertiary/aromatic N) is 1. The lowest BCUT2D eigenvalue weighted by Gasteiger charge is -2.39. The van der Waals surface area contributed by atoms with E-state index < -0.39 is 5.56 Å². The van der Waals surface area contributed by atoms with E-state index in [1.807, 2.05) is 4.90 Å². The van der Waals surface area contributed by atoms with Crippen molar-refractivity contribution in [1.29, 1.82) is 0 Å². The molecule has 5 nitrogen and oxygen atoms in total. The van der Waals surface area contributed by atoms with Crippen LogP contribution in [0.4, 0.5) is 0 Å². The maximum atomic E-state index is 12.7. The van der Waals surface area contributed by atoms with Crippen molar-refractivity contribution in [2.75, 3.05) is 6.54 Å². The molecule has 0 aromatic carbocycles. The summed E-state index contributed by atoms with van der Waals surface area (Å²) in [5, 5.41) is 9.86. The van der Waals surface area contributed by atoms with Gasteiger partial charge < -0.3 is 15.0 Å². The third-order valence-corrected chi connectivity index (χ3v) is 4.81. The number of pyridine rings is 1. The van der Waals surface area contributed by atoms with Gasteiger partial charge in [0.1, 0.15) is 5.75 Å². The van der Waals surface area contributed by atoms with Crippen LogP contribution in [-0.4, -0.2) is 33.5 Å². The van der Waals surface area contributed by atoms with Gasteiger partial charge in [0.25, 0.3) is 11.5 Å². The smallest absolute Gasteiger partial charge is 0.259 e. The highest BCUT2D eigenvalue weighted by molar-refractivity contribution is 5.96. The molecule has 2 heterocycles. The van der Waals surface area contributed by atoms with Crippen LogP contribution < -0.4 is 5.56 Å².